The van der Waals surface area contributed by atoms with Gasteiger partial charge < -0.3 is 24.8 Å². The Morgan fingerprint density at radius 2 is 1.84 bits per heavy atom. The topological polar surface area (TPSA) is 18.5 Å². The summed E-state index contributed by atoms with van der Waals surface area (Å²) >= 11 is 1.55. The molecule has 0 aromatic heterocycles. The van der Waals surface area contributed by atoms with Crippen molar-refractivity contribution >= 4 is 13.9 Å². The van der Waals surface area contributed by atoms with Crippen molar-refractivity contribution in [2.45, 2.75) is 36.6 Å². The molecule has 2 nitrogen and oxygen atoms in total. The van der Waals surface area contributed by atoms with Crippen molar-refractivity contribution in [1.29, 1.82) is 0 Å². The van der Waals surface area contributed by atoms with Gasteiger partial charge in [0.15, 0.2) is 0 Å². The third-order valence-electron chi connectivity index (χ3n) is 4.27. The molecule has 0 radical (unpaired) electrons. The summed E-state index contributed by atoms with van der Waals surface area (Å²) in [5.41, 5.74) is 7.05. The predicted octanol–water partition coefficient (Wildman–Crippen LogP) is -0.891. The number of halogens is 2. The molecule has 25 heavy (non-hydrogen) atoms. The third kappa shape index (κ3) is 4.99. The molecule has 1 unspecified atom stereocenters. The molecule has 1 atom stereocenters. The minimum atomic E-state index is -1.54. The quantitative estimate of drug-likeness (QED) is 0.408. The van der Waals surface area contributed by atoms with E-state index in [2.05, 4.69) is 63.0 Å². The van der Waals surface area contributed by atoms with E-state index in [4.69, 9.17) is 9.16 Å². The second kappa shape index (κ2) is 9.19. The Kier molecular flexibility index (Phi) is 8.43. The van der Waals surface area contributed by atoms with E-state index in [9.17, 15) is 0 Å². The smallest absolute Gasteiger partial charge is 1.00 e. The van der Waals surface area contributed by atoms with Gasteiger partial charge in [-0.15, -0.1) is 0 Å². The van der Waals surface area contributed by atoms with Crippen molar-refractivity contribution in [1.82, 2.24) is 0 Å². The van der Waals surface area contributed by atoms with Crippen molar-refractivity contribution in [3.63, 3.8) is 0 Å². The second-order valence-corrected chi connectivity index (χ2v) is 13.0. The zero-order valence-corrected chi connectivity index (χ0v) is 20.0. The van der Waals surface area contributed by atoms with Gasteiger partial charge in [-0.2, -0.15) is 0 Å². The van der Waals surface area contributed by atoms with Gasteiger partial charge in [0.25, 0.3) is 0 Å². The van der Waals surface area contributed by atoms with Crippen LogP contribution in [0.25, 0.3) is 5.57 Å². The first kappa shape index (κ1) is 22.9. The van der Waals surface area contributed by atoms with Crippen LogP contribution in [0.15, 0.2) is 53.3 Å². The summed E-state index contributed by atoms with van der Waals surface area (Å²) in [5.74, 6) is 0.984. The Bertz CT molecular complexity index is 720. The van der Waals surface area contributed by atoms with Gasteiger partial charge in [0, 0.05) is 0 Å². The van der Waals surface area contributed by atoms with Crippen LogP contribution in [0.4, 0.5) is 0 Å². The van der Waals surface area contributed by atoms with Crippen LogP contribution in [0, 0.1) is 0 Å². The van der Waals surface area contributed by atoms with Crippen LogP contribution in [0.1, 0.15) is 28.1 Å². The fraction of sp³-hybridized carbons (Fsp3) is 0.368. The Morgan fingerprint density at radius 1 is 1.16 bits per heavy atom. The van der Waals surface area contributed by atoms with Gasteiger partial charge in [-0.25, -0.2) is 0 Å². The molecule has 0 aliphatic heterocycles. The molecule has 0 amide bonds. The molecular weight excluding hydrogens is 450 g/mol. The standard InChI is InChI=1S/C19H23O2Si.2ClH.Zr/c1-14-12-15-8-5-6-9-16(15)19(14)17-10-7-11-18(17)20-13-21-22(2,3)4;;;/h5-9,11-12H,10,13H2,1-4H3;2*1H;/q;;;+2/p-2. The molecule has 2 aliphatic carbocycles. The molecule has 133 valence electrons. The summed E-state index contributed by atoms with van der Waals surface area (Å²) in [6, 6.07) is 8.80. The second-order valence-electron chi connectivity index (χ2n) is 7.05. The van der Waals surface area contributed by atoms with Gasteiger partial charge >= 0.3 is 156 Å². The number of hydrogen-bond donors (Lipinski definition) is 0. The molecule has 1 aromatic carbocycles. The third-order valence-corrected chi connectivity index (χ3v) is 7.08. The Labute approximate surface area is 179 Å². The van der Waals surface area contributed by atoms with Gasteiger partial charge in [-0.1, -0.05) is 0 Å². The number of rotatable bonds is 5. The zero-order valence-electron chi connectivity index (χ0n) is 15.0. The van der Waals surface area contributed by atoms with Gasteiger partial charge in [0.05, 0.1) is 0 Å². The van der Waals surface area contributed by atoms with Crippen LogP contribution >= 0.6 is 0 Å². The van der Waals surface area contributed by atoms with Crippen LogP contribution < -0.4 is 24.8 Å². The fourth-order valence-corrected chi connectivity index (χ4v) is 4.47. The summed E-state index contributed by atoms with van der Waals surface area (Å²) in [4.78, 5) is 0. The molecule has 3 rings (SSSR count). The van der Waals surface area contributed by atoms with E-state index in [-0.39, 0.29) is 24.8 Å². The number of fused-ring (bicyclic) bond motifs is 1. The van der Waals surface area contributed by atoms with E-state index in [0.717, 1.165) is 12.2 Å². The number of allylic oxidation sites excluding steroid dienone is 5. The number of hydrogen-bond acceptors (Lipinski definition) is 2. The minimum Gasteiger partial charge on any atom is -1.00 e. The summed E-state index contributed by atoms with van der Waals surface area (Å²) in [5, 5.41) is 0. The predicted molar refractivity (Wildman–Crippen MR) is 92.9 cm³/mol. The van der Waals surface area contributed by atoms with E-state index in [1.165, 1.54) is 27.8 Å². The van der Waals surface area contributed by atoms with Gasteiger partial charge in [-0.3, -0.25) is 0 Å². The van der Waals surface area contributed by atoms with E-state index in [1.54, 1.807) is 24.7 Å². The van der Waals surface area contributed by atoms with Crippen molar-refractivity contribution in [3.05, 3.63) is 64.4 Å². The van der Waals surface area contributed by atoms with E-state index < -0.39 is 8.32 Å². The molecule has 0 saturated heterocycles. The fourth-order valence-electron chi connectivity index (χ4n) is 3.08. The summed E-state index contributed by atoms with van der Waals surface area (Å²) in [6.07, 6.45) is 5.24. The number of benzene rings is 1. The maximum absolute atomic E-state index is 5.98. The normalized spacial score (nSPS) is 18.9. The molecule has 2 aliphatic rings. The first-order valence-electron chi connectivity index (χ1n) is 8.06. The van der Waals surface area contributed by atoms with Crippen LogP contribution in [-0.2, 0) is 33.9 Å². The molecule has 0 spiro atoms. The van der Waals surface area contributed by atoms with E-state index >= 15 is 0 Å². The maximum Gasteiger partial charge on any atom is -1.00 e. The van der Waals surface area contributed by atoms with Crippen molar-refractivity contribution in [3.8, 4) is 0 Å². The van der Waals surface area contributed by atoms with Crippen molar-refractivity contribution in [2.75, 3.05) is 6.79 Å². The van der Waals surface area contributed by atoms with Gasteiger partial charge in [-0.05, 0) is 0 Å². The molecule has 0 heterocycles. The zero-order chi connectivity index (χ0) is 16.6. The van der Waals surface area contributed by atoms with E-state index in [0.29, 0.717) is 10.4 Å². The molecule has 0 saturated carbocycles. The monoisotopic (exact) mass is 471 g/mol. The SMILES string of the molecule is CC1=C(C2=C(OCO[Si](C)(C)C)C=CC2)c2ccccc2[CH]1[Zr+2].[Cl-].[Cl-]. The van der Waals surface area contributed by atoms with Crippen LogP contribution in [0.2, 0.25) is 19.6 Å². The molecule has 1 aromatic rings. The first-order valence-corrected chi connectivity index (χ1v) is 12.9. The average Bonchev–Trinajstić information content (AvgIpc) is 3.03. The molecular formula is C19H23Cl2O2SiZr. The Morgan fingerprint density at radius 3 is 2.52 bits per heavy atom. The molecule has 6 heteroatoms. The summed E-state index contributed by atoms with van der Waals surface area (Å²) in [7, 11) is -1.54. The van der Waals surface area contributed by atoms with Crippen LogP contribution in [0.5, 0.6) is 0 Å². The van der Waals surface area contributed by atoms with Gasteiger partial charge in [0.1, 0.15) is 0 Å². The summed E-state index contributed by atoms with van der Waals surface area (Å²) < 4.78 is 12.4. The van der Waals surface area contributed by atoms with E-state index in [1.807, 2.05) is 0 Å². The van der Waals surface area contributed by atoms with Crippen LogP contribution in [0.3, 0.4) is 0 Å². The molecule has 0 fully saturated rings. The van der Waals surface area contributed by atoms with Crippen molar-refractivity contribution < 1.29 is 58.7 Å². The Balaban J connectivity index is 0.00000156. The number of ether oxygens (including phenoxy) is 1. The van der Waals surface area contributed by atoms with Gasteiger partial charge in [0.2, 0.25) is 0 Å². The molecule has 0 N–H and O–H groups in total. The average molecular weight is 474 g/mol. The first-order chi connectivity index (χ1) is 10.9. The summed E-state index contributed by atoms with van der Waals surface area (Å²) in [6.45, 7) is 9.17. The maximum atomic E-state index is 5.98. The van der Waals surface area contributed by atoms with Crippen LogP contribution in [-0.4, -0.2) is 15.1 Å². The van der Waals surface area contributed by atoms with Crippen molar-refractivity contribution in [2.24, 2.45) is 0 Å². The largest absolute Gasteiger partial charge is 1.00 e. The minimum absolute atomic E-state index is 0. The molecule has 0 bridgehead atoms. The Hall–Kier alpha value is -0.120.